The molecule has 0 aliphatic heterocycles. The number of amides is 1. The molecule has 2 aliphatic rings. The maximum atomic E-state index is 11.6. The lowest BCUT2D eigenvalue weighted by Crippen LogP contribution is -2.43. The van der Waals surface area contributed by atoms with E-state index in [4.69, 9.17) is 4.74 Å². The van der Waals surface area contributed by atoms with E-state index >= 15 is 0 Å². The summed E-state index contributed by atoms with van der Waals surface area (Å²) in [5, 5.41) is 2.82. The van der Waals surface area contributed by atoms with E-state index in [-0.39, 0.29) is 12.0 Å². The van der Waals surface area contributed by atoms with E-state index in [9.17, 15) is 9.59 Å². The fourth-order valence-corrected chi connectivity index (χ4v) is 2.72. The Bertz CT molecular complexity index is 319. The smallest absolute Gasteiger partial charge is 0.407 e. The molecule has 0 saturated heterocycles. The molecule has 16 heavy (non-hydrogen) atoms. The van der Waals surface area contributed by atoms with Gasteiger partial charge in [0.05, 0.1) is 0 Å². The summed E-state index contributed by atoms with van der Waals surface area (Å²) >= 11 is 0. The number of hydrogen-bond donors (Lipinski definition) is 1. The molecule has 2 rings (SSSR count). The van der Waals surface area contributed by atoms with Gasteiger partial charge in [-0.15, -0.1) is 0 Å². The van der Waals surface area contributed by atoms with Gasteiger partial charge in [-0.25, -0.2) is 4.79 Å². The Morgan fingerprint density at radius 3 is 2.56 bits per heavy atom. The van der Waals surface area contributed by atoms with Crippen LogP contribution in [-0.4, -0.2) is 23.5 Å². The molecule has 0 unspecified atom stereocenters. The number of Topliss-reactive ketones (excluding diaryl/α,β-unsaturated/α-hetero) is 1. The summed E-state index contributed by atoms with van der Waals surface area (Å²) in [6.07, 6.45) is 2.17. The molecule has 3 atom stereocenters. The molecule has 2 aliphatic carbocycles. The summed E-state index contributed by atoms with van der Waals surface area (Å²) in [5.41, 5.74) is -0.480. The lowest BCUT2D eigenvalue weighted by Gasteiger charge is -2.25. The molecule has 1 amide bonds. The second-order valence-electron chi connectivity index (χ2n) is 5.87. The van der Waals surface area contributed by atoms with E-state index in [1.807, 2.05) is 20.8 Å². The molecule has 0 aromatic rings. The lowest BCUT2D eigenvalue weighted by atomic mass is 9.94. The molecular weight excluding hydrogens is 206 g/mol. The SMILES string of the molecule is CC(C)(C)OC(=O)N[C@H]1C[C@@H]2CC(=O)[C@H]1C2. The van der Waals surface area contributed by atoms with Gasteiger partial charge in [0.25, 0.3) is 0 Å². The fourth-order valence-electron chi connectivity index (χ4n) is 2.72. The number of alkyl carbamates (subject to hydrolysis) is 1. The first-order valence-electron chi connectivity index (χ1n) is 5.87. The average molecular weight is 225 g/mol. The Labute approximate surface area is 95.7 Å². The van der Waals surface area contributed by atoms with Crippen LogP contribution in [-0.2, 0) is 9.53 Å². The van der Waals surface area contributed by atoms with Gasteiger partial charge in [0, 0.05) is 18.4 Å². The summed E-state index contributed by atoms with van der Waals surface area (Å²) in [4.78, 5) is 23.1. The maximum Gasteiger partial charge on any atom is 0.407 e. The standard InChI is InChI=1S/C12H19NO3/c1-12(2,3)16-11(15)13-9-5-7-4-8(9)10(14)6-7/h7-9H,4-6H2,1-3H3,(H,13,15)/t7-,8+,9+/m1/s1. The Morgan fingerprint density at radius 1 is 1.38 bits per heavy atom. The third-order valence-electron chi connectivity index (χ3n) is 3.27. The van der Waals surface area contributed by atoms with Crippen molar-refractivity contribution in [2.45, 2.75) is 51.7 Å². The van der Waals surface area contributed by atoms with Crippen LogP contribution in [0.25, 0.3) is 0 Å². The summed E-state index contributed by atoms with van der Waals surface area (Å²) in [6.45, 7) is 5.50. The number of nitrogens with one attached hydrogen (secondary N) is 1. The van der Waals surface area contributed by atoms with Gasteiger partial charge in [0.15, 0.2) is 0 Å². The van der Waals surface area contributed by atoms with Gasteiger partial charge in [-0.3, -0.25) is 4.79 Å². The maximum absolute atomic E-state index is 11.6. The Balaban J connectivity index is 1.87. The zero-order chi connectivity index (χ0) is 11.9. The predicted octanol–water partition coefficient (Wildman–Crippen LogP) is 1.88. The summed E-state index contributed by atoms with van der Waals surface area (Å²) < 4.78 is 5.18. The molecule has 0 aromatic carbocycles. The number of carbonyl (C=O) groups excluding carboxylic acids is 2. The summed E-state index contributed by atoms with van der Waals surface area (Å²) in [5.74, 6) is 0.826. The van der Waals surface area contributed by atoms with Crippen molar-refractivity contribution in [3.8, 4) is 0 Å². The third-order valence-corrected chi connectivity index (χ3v) is 3.27. The lowest BCUT2D eigenvalue weighted by molar-refractivity contribution is -0.122. The minimum Gasteiger partial charge on any atom is -0.444 e. The number of hydrogen-bond acceptors (Lipinski definition) is 3. The number of ketones is 1. The minimum atomic E-state index is -0.480. The first kappa shape index (κ1) is 11.4. The van der Waals surface area contributed by atoms with E-state index in [0.717, 1.165) is 12.8 Å². The summed E-state index contributed by atoms with van der Waals surface area (Å²) in [7, 11) is 0. The molecule has 2 bridgehead atoms. The van der Waals surface area contributed by atoms with Crippen LogP contribution in [0.2, 0.25) is 0 Å². The Hall–Kier alpha value is -1.06. The summed E-state index contributed by atoms with van der Waals surface area (Å²) in [6, 6.07) is 0.00102. The van der Waals surface area contributed by atoms with E-state index in [1.54, 1.807) is 0 Å². The molecule has 0 spiro atoms. The second-order valence-corrected chi connectivity index (χ2v) is 5.87. The number of fused-ring (bicyclic) bond motifs is 2. The van der Waals surface area contributed by atoms with E-state index < -0.39 is 11.7 Å². The quantitative estimate of drug-likeness (QED) is 0.741. The van der Waals surface area contributed by atoms with Crippen LogP contribution in [0.3, 0.4) is 0 Å². The average Bonchev–Trinajstić information content (AvgIpc) is 2.57. The molecule has 1 N–H and O–H groups in total. The van der Waals surface area contributed by atoms with Crippen molar-refractivity contribution in [3.05, 3.63) is 0 Å². The normalized spacial score (nSPS) is 32.9. The van der Waals surface area contributed by atoms with Gasteiger partial charge < -0.3 is 10.1 Å². The van der Waals surface area contributed by atoms with Gasteiger partial charge in [-0.1, -0.05) is 0 Å². The molecule has 2 saturated carbocycles. The molecule has 0 radical (unpaired) electrons. The number of rotatable bonds is 1. The Morgan fingerprint density at radius 2 is 2.06 bits per heavy atom. The van der Waals surface area contributed by atoms with E-state index in [1.165, 1.54) is 0 Å². The highest BCUT2D eigenvalue weighted by Gasteiger charge is 2.46. The molecular formula is C12H19NO3. The fraction of sp³-hybridized carbons (Fsp3) is 0.833. The van der Waals surface area contributed by atoms with Crippen LogP contribution < -0.4 is 5.32 Å². The van der Waals surface area contributed by atoms with Crippen LogP contribution in [0.1, 0.15) is 40.0 Å². The van der Waals surface area contributed by atoms with Crippen LogP contribution in [0.4, 0.5) is 4.79 Å². The minimum absolute atomic E-state index is 0.00102. The zero-order valence-electron chi connectivity index (χ0n) is 10.1. The molecule has 4 nitrogen and oxygen atoms in total. The van der Waals surface area contributed by atoms with E-state index in [0.29, 0.717) is 18.1 Å². The van der Waals surface area contributed by atoms with Crippen molar-refractivity contribution in [2.24, 2.45) is 11.8 Å². The highest BCUT2D eigenvalue weighted by molar-refractivity contribution is 5.86. The molecule has 90 valence electrons. The third kappa shape index (κ3) is 2.36. The topological polar surface area (TPSA) is 55.4 Å². The van der Waals surface area contributed by atoms with Crippen molar-refractivity contribution in [3.63, 3.8) is 0 Å². The van der Waals surface area contributed by atoms with Crippen LogP contribution in [0.5, 0.6) is 0 Å². The van der Waals surface area contributed by atoms with Gasteiger partial charge in [0.1, 0.15) is 11.4 Å². The van der Waals surface area contributed by atoms with Crippen molar-refractivity contribution in [1.29, 1.82) is 0 Å². The first-order chi connectivity index (χ1) is 7.35. The largest absolute Gasteiger partial charge is 0.444 e. The molecule has 4 heteroatoms. The number of carbonyl (C=O) groups is 2. The van der Waals surface area contributed by atoms with Crippen LogP contribution in [0, 0.1) is 11.8 Å². The van der Waals surface area contributed by atoms with Gasteiger partial charge in [-0.05, 0) is 39.5 Å². The highest BCUT2D eigenvalue weighted by Crippen LogP contribution is 2.42. The van der Waals surface area contributed by atoms with Crippen molar-refractivity contribution < 1.29 is 14.3 Å². The predicted molar refractivity (Wildman–Crippen MR) is 59.0 cm³/mol. The Kier molecular flexibility index (Phi) is 2.68. The zero-order valence-corrected chi connectivity index (χ0v) is 10.1. The van der Waals surface area contributed by atoms with Gasteiger partial charge >= 0.3 is 6.09 Å². The monoisotopic (exact) mass is 225 g/mol. The van der Waals surface area contributed by atoms with Crippen LogP contribution in [0.15, 0.2) is 0 Å². The van der Waals surface area contributed by atoms with Crippen LogP contribution >= 0.6 is 0 Å². The van der Waals surface area contributed by atoms with Crippen molar-refractivity contribution in [1.82, 2.24) is 5.32 Å². The van der Waals surface area contributed by atoms with E-state index in [2.05, 4.69) is 5.32 Å². The van der Waals surface area contributed by atoms with Crippen molar-refractivity contribution in [2.75, 3.05) is 0 Å². The molecule has 2 fully saturated rings. The van der Waals surface area contributed by atoms with Gasteiger partial charge in [0.2, 0.25) is 0 Å². The number of ether oxygens (including phenoxy) is 1. The second kappa shape index (κ2) is 3.75. The highest BCUT2D eigenvalue weighted by atomic mass is 16.6. The first-order valence-corrected chi connectivity index (χ1v) is 5.87. The molecule has 0 heterocycles. The molecule has 0 aromatic heterocycles. The van der Waals surface area contributed by atoms with Crippen molar-refractivity contribution >= 4 is 11.9 Å². The van der Waals surface area contributed by atoms with Gasteiger partial charge in [-0.2, -0.15) is 0 Å².